The number of halogens is 1. The Balaban J connectivity index is 2.48. The van der Waals surface area contributed by atoms with Crippen molar-refractivity contribution in [2.75, 3.05) is 0 Å². The smallest absolute Gasteiger partial charge is 0.331 e. The fraction of sp³-hybridized carbons (Fsp3) is 0.600. The molecule has 1 saturated carbocycles. The molecule has 0 aromatic rings. The molecule has 2 unspecified atom stereocenters. The normalized spacial score (nSPS) is 31.4. The van der Waals surface area contributed by atoms with Crippen molar-refractivity contribution in [3.63, 3.8) is 0 Å². The van der Waals surface area contributed by atoms with Crippen LogP contribution in [0.3, 0.4) is 0 Å². The molecule has 0 aromatic heterocycles. The number of aliphatic carboxylic acids is 2. The van der Waals surface area contributed by atoms with Crippen LogP contribution >= 0.6 is 15.9 Å². The molecule has 0 heterocycles. The summed E-state index contributed by atoms with van der Waals surface area (Å²) in [4.78, 5) is 23.3. The van der Waals surface area contributed by atoms with Crippen LogP contribution in [0.15, 0.2) is 22.2 Å². The predicted octanol–water partition coefficient (Wildman–Crippen LogP) is 3.58. The highest BCUT2D eigenvalue weighted by Crippen LogP contribution is 2.52. The van der Waals surface area contributed by atoms with E-state index in [0.717, 1.165) is 32.1 Å². The van der Waals surface area contributed by atoms with Crippen LogP contribution in [0.4, 0.5) is 0 Å². The molecule has 0 aliphatic heterocycles. The lowest BCUT2D eigenvalue weighted by atomic mass is 9.61. The van der Waals surface area contributed by atoms with Crippen molar-refractivity contribution in [3.05, 3.63) is 22.2 Å². The maximum Gasteiger partial charge on any atom is 0.331 e. The van der Waals surface area contributed by atoms with E-state index in [2.05, 4.69) is 15.9 Å². The van der Waals surface area contributed by atoms with E-state index in [9.17, 15) is 19.8 Å². The summed E-state index contributed by atoms with van der Waals surface area (Å²) in [5.41, 5.74) is -0.963. The summed E-state index contributed by atoms with van der Waals surface area (Å²) in [5, 5.41) is 19.1. The van der Waals surface area contributed by atoms with Crippen molar-refractivity contribution >= 4 is 27.9 Å². The molecule has 0 bridgehead atoms. The summed E-state index contributed by atoms with van der Waals surface area (Å²) < 4.78 is 0.554. The van der Waals surface area contributed by atoms with Crippen LogP contribution in [0, 0.1) is 17.3 Å². The van der Waals surface area contributed by atoms with Gasteiger partial charge in [-0.05, 0) is 25.7 Å². The van der Waals surface area contributed by atoms with Crippen LogP contribution in [0.25, 0.3) is 0 Å². The molecule has 5 heteroatoms. The third-order valence-corrected chi connectivity index (χ3v) is 5.76. The average molecular weight is 343 g/mol. The van der Waals surface area contributed by atoms with Crippen LogP contribution in [-0.4, -0.2) is 22.2 Å². The van der Waals surface area contributed by atoms with Crippen molar-refractivity contribution in [3.8, 4) is 0 Å². The summed E-state index contributed by atoms with van der Waals surface area (Å²) in [7, 11) is 0. The van der Waals surface area contributed by atoms with Gasteiger partial charge in [0.1, 0.15) is 5.41 Å². The lowest BCUT2D eigenvalue weighted by molar-refractivity contribution is -0.149. The maximum absolute atomic E-state index is 11.8. The summed E-state index contributed by atoms with van der Waals surface area (Å²) in [6, 6.07) is 0. The van der Waals surface area contributed by atoms with Gasteiger partial charge in [0.25, 0.3) is 0 Å². The Morgan fingerprint density at radius 3 is 2.30 bits per heavy atom. The molecule has 0 saturated heterocycles. The van der Waals surface area contributed by atoms with Gasteiger partial charge in [0, 0.05) is 16.0 Å². The van der Waals surface area contributed by atoms with Crippen molar-refractivity contribution in [1.82, 2.24) is 0 Å². The summed E-state index contributed by atoms with van der Waals surface area (Å²) in [6.07, 6.45) is 8.16. The van der Waals surface area contributed by atoms with Crippen LogP contribution in [0.2, 0.25) is 0 Å². The number of carboxylic acid groups (broad SMARTS) is 2. The van der Waals surface area contributed by atoms with E-state index in [1.807, 2.05) is 0 Å². The Bertz CT molecular complexity index is 488. The van der Waals surface area contributed by atoms with E-state index in [-0.39, 0.29) is 11.5 Å². The van der Waals surface area contributed by atoms with E-state index in [4.69, 9.17) is 0 Å². The molecule has 110 valence electrons. The van der Waals surface area contributed by atoms with E-state index in [1.54, 1.807) is 19.1 Å². The minimum Gasteiger partial charge on any atom is -0.481 e. The van der Waals surface area contributed by atoms with Crippen LogP contribution in [-0.2, 0) is 9.59 Å². The number of hydrogen-bond donors (Lipinski definition) is 2. The molecule has 2 N–H and O–H groups in total. The second-order valence-corrected chi connectivity index (χ2v) is 6.68. The number of hydrogen-bond acceptors (Lipinski definition) is 2. The fourth-order valence-corrected chi connectivity index (χ4v) is 4.08. The Labute approximate surface area is 126 Å². The second kappa shape index (κ2) is 5.72. The highest BCUT2D eigenvalue weighted by molar-refractivity contribution is 9.11. The SMILES string of the molecule is CC1(C(=O)O)C(Br)=CC=C(C(=O)O)C1C1CCCCC1. The molecule has 4 nitrogen and oxygen atoms in total. The van der Waals surface area contributed by atoms with Gasteiger partial charge in [-0.25, -0.2) is 4.79 Å². The molecule has 0 spiro atoms. The van der Waals surface area contributed by atoms with E-state index in [0.29, 0.717) is 4.48 Å². The second-order valence-electron chi connectivity index (χ2n) is 5.83. The molecule has 2 rings (SSSR count). The molecule has 2 aliphatic rings. The van der Waals surface area contributed by atoms with E-state index in [1.165, 1.54) is 0 Å². The molecule has 2 aliphatic carbocycles. The predicted molar refractivity (Wildman–Crippen MR) is 78.5 cm³/mol. The van der Waals surface area contributed by atoms with Gasteiger partial charge in [-0.2, -0.15) is 0 Å². The van der Waals surface area contributed by atoms with Crippen molar-refractivity contribution < 1.29 is 19.8 Å². The molecule has 0 radical (unpaired) electrons. The first kappa shape index (κ1) is 15.3. The monoisotopic (exact) mass is 342 g/mol. The standard InChI is InChI=1S/C15H19BrO4/c1-15(14(19)20)11(16)8-7-10(13(17)18)12(15)9-5-3-2-4-6-9/h7-9,12H,2-6H2,1H3,(H,17,18)(H,19,20). The van der Waals surface area contributed by atoms with E-state index < -0.39 is 23.3 Å². The van der Waals surface area contributed by atoms with Crippen molar-refractivity contribution in [1.29, 1.82) is 0 Å². The summed E-state index contributed by atoms with van der Waals surface area (Å²) in [5.74, 6) is -2.34. The zero-order valence-corrected chi connectivity index (χ0v) is 13.0. The maximum atomic E-state index is 11.8. The summed E-state index contributed by atoms with van der Waals surface area (Å²) in [6.45, 7) is 1.63. The third-order valence-electron chi connectivity index (χ3n) is 4.67. The third kappa shape index (κ3) is 2.43. The zero-order chi connectivity index (χ0) is 14.9. The molecule has 2 atom stereocenters. The van der Waals surface area contributed by atoms with Crippen molar-refractivity contribution in [2.24, 2.45) is 17.3 Å². The minimum atomic E-state index is -1.19. The summed E-state index contributed by atoms with van der Waals surface area (Å²) >= 11 is 3.34. The molecular formula is C15H19BrO4. The van der Waals surface area contributed by atoms with Crippen LogP contribution in [0.5, 0.6) is 0 Å². The minimum absolute atomic E-state index is 0.119. The Morgan fingerprint density at radius 2 is 1.80 bits per heavy atom. The topological polar surface area (TPSA) is 74.6 Å². The molecule has 20 heavy (non-hydrogen) atoms. The lowest BCUT2D eigenvalue weighted by Gasteiger charge is -2.42. The number of carbonyl (C=O) groups is 2. The zero-order valence-electron chi connectivity index (χ0n) is 11.4. The number of rotatable bonds is 3. The molecular weight excluding hydrogens is 324 g/mol. The molecule has 0 amide bonds. The highest BCUT2D eigenvalue weighted by Gasteiger charge is 2.51. The van der Waals surface area contributed by atoms with Crippen molar-refractivity contribution in [2.45, 2.75) is 39.0 Å². The van der Waals surface area contributed by atoms with Crippen LogP contribution in [0.1, 0.15) is 39.0 Å². The van der Waals surface area contributed by atoms with Gasteiger partial charge >= 0.3 is 11.9 Å². The Kier molecular flexibility index (Phi) is 4.37. The van der Waals surface area contributed by atoms with E-state index >= 15 is 0 Å². The fourth-order valence-electron chi connectivity index (χ4n) is 3.53. The first-order valence-corrected chi connectivity index (χ1v) is 7.73. The van der Waals surface area contributed by atoms with Gasteiger partial charge in [-0.1, -0.05) is 47.3 Å². The first-order valence-electron chi connectivity index (χ1n) is 6.93. The largest absolute Gasteiger partial charge is 0.481 e. The quantitative estimate of drug-likeness (QED) is 0.821. The van der Waals surface area contributed by atoms with Gasteiger partial charge in [-0.15, -0.1) is 0 Å². The van der Waals surface area contributed by atoms with Gasteiger partial charge < -0.3 is 10.2 Å². The molecule has 1 fully saturated rings. The van der Waals surface area contributed by atoms with Gasteiger partial charge in [0.2, 0.25) is 0 Å². The Hall–Kier alpha value is -1.10. The van der Waals surface area contributed by atoms with Crippen LogP contribution < -0.4 is 0 Å². The van der Waals surface area contributed by atoms with Gasteiger partial charge in [0.05, 0.1) is 0 Å². The molecule has 0 aromatic carbocycles. The Morgan fingerprint density at radius 1 is 1.20 bits per heavy atom. The van der Waals surface area contributed by atoms with Gasteiger partial charge in [0.15, 0.2) is 0 Å². The van der Waals surface area contributed by atoms with Gasteiger partial charge in [-0.3, -0.25) is 4.79 Å². The highest BCUT2D eigenvalue weighted by atomic mass is 79.9. The number of allylic oxidation sites excluding steroid dienone is 2. The first-order chi connectivity index (χ1) is 9.39. The average Bonchev–Trinajstić information content (AvgIpc) is 2.42. The number of carboxylic acids is 2. The lowest BCUT2D eigenvalue weighted by Crippen LogP contribution is -2.44.